The van der Waals surface area contributed by atoms with Gasteiger partial charge in [-0.05, 0) is 23.8 Å². The molecule has 0 radical (unpaired) electrons. The average Bonchev–Trinajstić information content (AvgIpc) is 2.73. The van der Waals surface area contributed by atoms with Crippen molar-refractivity contribution in [3.8, 4) is 0 Å². The quantitative estimate of drug-likeness (QED) is 0.851. The van der Waals surface area contributed by atoms with Gasteiger partial charge in [0.15, 0.2) is 19.7 Å². The highest BCUT2D eigenvalue weighted by Gasteiger charge is 2.42. The van der Waals surface area contributed by atoms with Crippen LogP contribution in [0.25, 0.3) is 0 Å². The Labute approximate surface area is 117 Å². The predicted molar refractivity (Wildman–Crippen MR) is 74.9 cm³/mol. The van der Waals surface area contributed by atoms with E-state index >= 15 is 0 Å². The van der Waals surface area contributed by atoms with E-state index in [1.165, 1.54) is 18.2 Å². The van der Waals surface area contributed by atoms with E-state index in [9.17, 15) is 16.8 Å². The molecule has 0 spiro atoms. The molecule has 0 saturated heterocycles. The van der Waals surface area contributed by atoms with Crippen LogP contribution < -0.4 is 0 Å². The maximum absolute atomic E-state index is 12.6. The molecule has 0 bridgehead atoms. The average molecular weight is 308 g/mol. The van der Waals surface area contributed by atoms with Crippen molar-refractivity contribution >= 4 is 19.7 Å². The molecule has 0 fully saturated rings. The number of hydrogen-bond donors (Lipinski definition) is 0. The van der Waals surface area contributed by atoms with Crippen molar-refractivity contribution in [3.05, 3.63) is 60.2 Å². The summed E-state index contributed by atoms with van der Waals surface area (Å²) < 4.78 is 49.4. The lowest BCUT2D eigenvalue weighted by Crippen LogP contribution is -2.15. The predicted octanol–water partition coefficient (Wildman–Crippen LogP) is 1.99. The summed E-state index contributed by atoms with van der Waals surface area (Å²) in [7, 11) is -7.23. The van der Waals surface area contributed by atoms with Crippen LogP contribution in [0.1, 0.15) is 10.8 Å². The van der Waals surface area contributed by atoms with Crippen molar-refractivity contribution in [3.63, 3.8) is 0 Å². The topological polar surface area (TPSA) is 68.3 Å². The van der Waals surface area contributed by atoms with Crippen LogP contribution in [0.2, 0.25) is 0 Å². The van der Waals surface area contributed by atoms with Gasteiger partial charge in [0.05, 0.1) is 15.5 Å². The van der Waals surface area contributed by atoms with E-state index < -0.39 is 24.9 Å². The molecule has 6 heteroatoms. The van der Waals surface area contributed by atoms with E-state index in [1.807, 2.05) is 0 Å². The van der Waals surface area contributed by atoms with Gasteiger partial charge in [0.25, 0.3) is 0 Å². The van der Waals surface area contributed by atoms with Crippen LogP contribution in [-0.4, -0.2) is 22.6 Å². The fourth-order valence-corrected chi connectivity index (χ4v) is 6.79. The lowest BCUT2D eigenvalue weighted by Gasteiger charge is -2.11. The second-order valence-corrected chi connectivity index (χ2v) is 8.80. The Kier molecular flexibility index (Phi) is 2.95. The minimum absolute atomic E-state index is 0.129. The largest absolute Gasteiger partial charge is 0.224 e. The first-order valence-electron chi connectivity index (χ1n) is 6.03. The van der Waals surface area contributed by atoms with Gasteiger partial charge in [-0.3, -0.25) is 0 Å². The van der Waals surface area contributed by atoms with Gasteiger partial charge in [-0.1, -0.05) is 36.4 Å². The molecular formula is C14H12O4S2. The van der Waals surface area contributed by atoms with Crippen LogP contribution in [0.3, 0.4) is 0 Å². The Balaban J connectivity index is 2.19. The second kappa shape index (κ2) is 4.43. The van der Waals surface area contributed by atoms with Crippen LogP contribution >= 0.6 is 0 Å². The van der Waals surface area contributed by atoms with Gasteiger partial charge < -0.3 is 0 Å². The SMILES string of the molecule is O=S1(=O)CC(S(=O)(=O)c2ccccc2)c2ccccc21. The highest BCUT2D eigenvalue weighted by molar-refractivity contribution is 7.96. The van der Waals surface area contributed by atoms with E-state index in [1.54, 1.807) is 36.4 Å². The van der Waals surface area contributed by atoms with Gasteiger partial charge in [-0.15, -0.1) is 0 Å². The standard InChI is InChI=1S/C14H12O4S2/c15-19(16)10-14(12-8-4-5-9-13(12)19)20(17,18)11-6-2-1-3-7-11/h1-9,14H,10H2. The smallest absolute Gasteiger partial charge is 0.186 e. The second-order valence-electron chi connectivity index (χ2n) is 4.67. The van der Waals surface area contributed by atoms with Crippen LogP contribution in [0, 0.1) is 0 Å². The molecule has 1 atom stereocenters. The molecule has 0 aromatic heterocycles. The Morgan fingerprint density at radius 1 is 0.900 bits per heavy atom. The van der Waals surface area contributed by atoms with Crippen molar-refractivity contribution in [2.75, 3.05) is 5.75 Å². The summed E-state index contributed by atoms with van der Waals surface area (Å²) in [5, 5.41) is -1.02. The summed E-state index contributed by atoms with van der Waals surface area (Å²) in [5.41, 5.74) is 0.372. The van der Waals surface area contributed by atoms with Crippen LogP contribution in [0.15, 0.2) is 64.4 Å². The molecule has 1 aliphatic heterocycles. The summed E-state index contributed by atoms with van der Waals surface area (Å²) in [6, 6.07) is 14.3. The molecule has 0 N–H and O–H groups in total. The highest BCUT2D eigenvalue weighted by Crippen LogP contribution is 2.40. The summed E-state index contributed by atoms with van der Waals surface area (Å²) in [5.74, 6) is -0.385. The Morgan fingerprint density at radius 2 is 1.50 bits per heavy atom. The van der Waals surface area contributed by atoms with Crippen molar-refractivity contribution in [2.24, 2.45) is 0 Å². The molecule has 104 valence electrons. The van der Waals surface area contributed by atoms with Crippen LogP contribution in [0.4, 0.5) is 0 Å². The molecule has 3 rings (SSSR count). The van der Waals surface area contributed by atoms with Crippen molar-refractivity contribution in [1.29, 1.82) is 0 Å². The van der Waals surface area contributed by atoms with Crippen molar-refractivity contribution in [2.45, 2.75) is 15.0 Å². The van der Waals surface area contributed by atoms with Gasteiger partial charge in [0.1, 0.15) is 5.25 Å². The minimum Gasteiger partial charge on any atom is -0.224 e. The lowest BCUT2D eigenvalue weighted by molar-refractivity contribution is 0.582. The first kappa shape index (κ1) is 13.3. The lowest BCUT2D eigenvalue weighted by atomic mass is 10.2. The van der Waals surface area contributed by atoms with Gasteiger partial charge in [0.2, 0.25) is 0 Å². The molecule has 4 nitrogen and oxygen atoms in total. The molecule has 1 aliphatic rings. The molecule has 0 amide bonds. The maximum atomic E-state index is 12.6. The molecule has 0 saturated carbocycles. The minimum atomic E-state index is -3.70. The number of rotatable bonds is 2. The van der Waals surface area contributed by atoms with E-state index in [0.29, 0.717) is 5.56 Å². The Bertz CT molecular complexity index is 853. The summed E-state index contributed by atoms with van der Waals surface area (Å²) >= 11 is 0. The van der Waals surface area contributed by atoms with E-state index in [0.717, 1.165) is 0 Å². The molecule has 20 heavy (non-hydrogen) atoms. The molecule has 1 heterocycles. The molecule has 0 aliphatic carbocycles. The van der Waals surface area contributed by atoms with Gasteiger partial charge in [-0.25, -0.2) is 16.8 Å². The molecule has 1 unspecified atom stereocenters. The number of fused-ring (bicyclic) bond motifs is 1. The van der Waals surface area contributed by atoms with Crippen molar-refractivity contribution in [1.82, 2.24) is 0 Å². The first-order valence-corrected chi connectivity index (χ1v) is 9.23. The molecule has 2 aromatic carbocycles. The fourth-order valence-electron chi connectivity index (χ4n) is 2.44. The zero-order valence-electron chi connectivity index (χ0n) is 10.4. The van der Waals surface area contributed by atoms with E-state index in [2.05, 4.69) is 0 Å². The van der Waals surface area contributed by atoms with Gasteiger partial charge >= 0.3 is 0 Å². The van der Waals surface area contributed by atoms with Gasteiger partial charge in [0, 0.05) is 0 Å². The number of benzene rings is 2. The molecular weight excluding hydrogens is 296 g/mol. The summed E-state index contributed by atoms with van der Waals surface area (Å²) in [6.07, 6.45) is 0. The zero-order chi connectivity index (χ0) is 14.4. The fraction of sp³-hybridized carbons (Fsp3) is 0.143. The maximum Gasteiger partial charge on any atom is 0.186 e. The number of sulfone groups is 2. The third-order valence-corrected chi connectivity index (χ3v) is 7.54. The normalized spacial score (nSPS) is 20.5. The Morgan fingerprint density at radius 3 is 2.20 bits per heavy atom. The van der Waals surface area contributed by atoms with Crippen LogP contribution in [0.5, 0.6) is 0 Å². The monoisotopic (exact) mass is 308 g/mol. The zero-order valence-corrected chi connectivity index (χ0v) is 12.1. The van der Waals surface area contributed by atoms with Crippen LogP contribution in [-0.2, 0) is 19.7 Å². The number of hydrogen-bond acceptors (Lipinski definition) is 4. The third-order valence-electron chi connectivity index (χ3n) is 3.42. The van der Waals surface area contributed by atoms with Crippen molar-refractivity contribution < 1.29 is 16.8 Å². The molecule has 2 aromatic rings. The van der Waals surface area contributed by atoms with E-state index in [-0.39, 0.29) is 15.5 Å². The Hall–Kier alpha value is -1.66. The first-order chi connectivity index (χ1) is 9.43. The highest BCUT2D eigenvalue weighted by atomic mass is 32.2. The van der Waals surface area contributed by atoms with E-state index in [4.69, 9.17) is 0 Å². The summed E-state index contributed by atoms with van der Waals surface area (Å²) in [4.78, 5) is 0.279. The van der Waals surface area contributed by atoms with Gasteiger partial charge in [-0.2, -0.15) is 0 Å². The third kappa shape index (κ3) is 1.96. The summed E-state index contributed by atoms with van der Waals surface area (Å²) in [6.45, 7) is 0.